The van der Waals surface area contributed by atoms with Gasteiger partial charge in [-0.3, -0.25) is 24.0 Å². The number of aliphatic hydroxyl groups excluding tert-OH is 2. The van der Waals surface area contributed by atoms with Gasteiger partial charge in [0.25, 0.3) is 6.47 Å². The van der Waals surface area contributed by atoms with Gasteiger partial charge in [0.2, 0.25) is 0 Å². The third-order valence-electron chi connectivity index (χ3n) is 9.33. The van der Waals surface area contributed by atoms with Crippen molar-refractivity contribution in [1.29, 1.82) is 0 Å². The summed E-state index contributed by atoms with van der Waals surface area (Å²) in [5, 5.41) is 47.8. The predicted molar refractivity (Wildman–Crippen MR) is 180 cm³/mol. The number of hydrogen-bond acceptors (Lipinski definition) is 11. The number of aromatic hydroxyl groups is 1. The molecule has 6 rings (SSSR count). The molecule has 0 amide bonds. The van der Waals surface area contributed by atoms with E-state index in [1.165, 1.54) is 20.1 Å². The molecule has 5 N–H and O–H groups in total. The second-order valence-electron chi connectivity index (χ2n) is 12.0. The number of carbonyl (C=O) groups excluding carboxylic acids is 2. The average molecular weight is 656 g/mol. The van der Waals surface area contributed by atoms with Crippen LogP contribution in [-0.4, -0.2) is 58.9 Å². The second-order valence-corrected chi connectivity index (χ2v) is 12.0. The summed E-state index contributed by atoms with van der Waals surface area (Å²) in [7, 11) is 1.32. The first-order valence-electron chi connectivity index (χ1n) is 15.4. The van der Waals surface area contributed by atoms with Gasteiger partial charge in [-0.15, -0.1) is 0 Å². The number of fused-ring (bicyclic) bond motifs is 1. The van der Waals surface area contributed by atoms with Crippen molar-refractivity contribution in [3.8, 4) is 11.5 Å². The number of carboxylic acid groups (broad SMARTS) is 1. The van der Waals surface area contributed by atoms with E-state index in [4.69, 9.17) is 9.47 Å². The second kappa shape index (κ2) is 12.4. The minimum Gasteiger partial charge on any atom is -0.504 e. The van der Waals surface area contributed by atoms with Crippen molar-refractivity contribution >= 4 is 73.1 Å². The van der Waals surface area contributed by atoms with Crippen molar-refractivity contribution in [3.63, 3.8) is 0 Å². The molecule has 0 spiro atoms. The highest BCUT2D eigenvalue weighted by molar-refractivity contribution is 6.39. The molecule has 1 unspecified atom stereocenters. The highest BCUT2D eigenvalue weighted by Crippen LogP contribution is 2.55. The number of phenolic OH excluding ortho intramolecular Hbond substituents is 1. The summed E-state index contributed by atoms with van der Waals surface area (Å²) < 4.78 is 10.6. The van der Waals surface area contributed by atoms with E-state index >= 15 is 0 Å². The maximum Gasteiger partial charge on any atom is 0.303 e. The zero-order chi connectivity index (χ0) is 34.6. The van der Waals surface area contributed by atoms with Gasteiger partial charge in [0.05, 0.1) is 37.0 Å². The summed E-state index contributed by atoms with van der Waals surface area (Å²) in [4.78, 5) is 64.3. The Labute approximate surface area is 272 Å². The van der Waals surface area contributed by atoms with Crippen molar-refractivity contribution in [3.05, 3.63) is 66.0 Å². The molecule has 12 heteroatoms. The molecule has 48 heavy (non-hydrogen) atoms. The zero-order valence-electron chi connectivity index (χ0n) is 26.5. The molecule has 248 valence electrons. The lowest BCUT2D eigenvalue weighted by atomic mass is 9.78. The summed E-state index contributed by atoms with van der Waals surface area (Å²) in [6.07, 6.45) is 1.70. The van der Waals surface area contributed by atoms with Gasteiger partial charge in [-0.2, -0.15) is 0 Å². The minimum atomic E-state index is -1.04. The average Bonchev–Trinajstić information content (AvgIpc) is 3.18. The third kappa shape index (κ3) is 4.70. The summed E-state index contributed by atoms with van der Waals surface area (Å²) in [6.45, 7) is 2.37. The van der Waals surface area contributed by atoms with Gasteiger partial charge >= 0.3 is 5.97 Å². The molecule has 0 heterocycles. The number of rotatable bonds is 13. The van der Waals surface area contributed by atoms with Crippen LogP contribution in [0.15, 0.2) is 27.3 Å². The lowest BCUT2D eigenvalue weighted by Crippen LogP contribution is -2.18. The molecule has 0 saturated carbocycles. The number of Topliss-reactive ketones (excluding diaryl/α,β-unsaturated/α-hetero) is 1. The van der Waals surface area contributed by atoms with E-state index in [1.54, 1.807) is 19.1 Å². The third-order valence-corrected chi connectivity index (χ3v) is 9.33. The topological polar surface area (TPSA) is 197 Å². The molecule has 0 fully saturated rings. The number of aliphatic carboxylic acids is 1. The number of phenols is 1. The van der Waals surface area contributed by atoms with Gasteiger partial charge in [0.1, 0.15) is 12.4 Å². The van der Waals surface area contributed by atoms with Crippen molar-refractivity contribution in [2.75, 3.05) is 25.6 Å². The number of carboxylic acids is 1. The van der Waals surface area contributed by atoms with Crippen LogP contribution >= 0.6 is 0 Å². The van der Waals surface area contributed by atoms with E-state index in [0.29, 0.717) is 55.8 Å². The number of anilines is 1. The first kappa shape index (κ1) is 32.6. The first-order chi connectivity index (χ1) is 23.0. The maximum absolute atomic E-state index is 14.7. The van der Waals surface area contributed by atoms with Gasteiger partial charge in [0, 0.05) is 40.6 Å². The monoisotopic (exact) mass is 655 g/mol. The lowest BCUT2D eigenvalue weighted by Gasteiger charge is -2.26. The standard InChI is InChI=1S/C36H33NO11/c1-15-9-20-19(5-4-6-23(43)44)34(45)28-21(37-7-8-48-14-40)10-17(12-38)25-26-18(13-39)11-22(42)29-31(26)32(27(20)30(25)28)33(24(15)16(2)41)36(47-3)35(29)46/h9-11,14,24,37-39,46H,4-8,12-13H2,1-3H3,(H,43,44). The number of hydrogen-bond donors (Lipinski definition) is 5. The molecule has 0 aliphatic heterocycles. The highest BCUT2D eigenvalue weighted by Gasteiger charge is 2.36. The Morgan fingerprint density at radius 2 is 1.62 bits per heavy atom. The first-order valence-corrected chi connectivity index (χ1v) is 15.4. The molecule has 0 aromatic heterocycles. The fourth-order valence-electron chi connectivity index (χ4n) is 7.61. The van der Waals surface area contributed by atoms with Gasteiger partial charge in [-0.1, -0.05) is 11.6 Å². The summed E-state index contributed by atoms with van der Waals surface area (Å²) in [5.41, 5.74) is 1.33. The quantitative estimate of drug-likeness (QED) is 0.0535. The van der Waals surface area contributed by atoms with Crippen LogP contribution in [0, 0.1) is 0 Å². The number of nitrogens with one attached hydrogen (secondary N) is 1. The minimum absolute atomic E-state index is 0.0300. The molecule has 12 nitrogen and oxygen atoms in total. The van der Waals surface area contributed by atoms with Crippen LogP contribution in [-0.2, 0) is 38.8 Å². The van der Waals surface area contributed by atoms with E-state index in [2.05, 4.69) is 5.32 Å². The Morgan fingerprint density at radius 3 is 2.23 bits per heavy atom. The van der Waals surface area contributed by atoms with E-state index in [0.717, 1.165) is 0 Å². The van der Waals surface area contributed by atoms with Gasteiger partial charge in [-0.05, 0) is 77.1 Å². The van der Waals surface area contributed by atoms with Crippen LogP contribution in [0.1, 0.15) is 60.4 Å². The van der Waals surface area contributed by atoms with Crippen LogP contribution < -0.4 is 20.9 Å². The molecule has 0 saturated heterocycles. The van der Waals surface area contributed by atoms with Crippen molar-refractivity contribution in [2.45, 2.75) is 52.2 Å². The predicted octanol–water partition coefficient (Wildman–Crippen LogP) is 3.68. The smallest absolute Gasteiger partial charge is 0.303 e. The lowest BCUT2D eigenvalue weighted by molar-refractivity contribution is -0.137. The normalized spacial score (nSPS) is 14.2. The number of aliphatic hydroxyl groups is 2. The Balaban J connectivity index is 2.01. The van der Waals surface area contributed by atoms with E-state index in [1.807, 2.05) is 0 Å². The fraction of sp³-hybridized carbons (Fsp3) is 0.306. The largest absolute Gasteiger partial charge is 0.504 e. The van der Waals surface area contributed by atoms with Gasteiger partial charge in [0.15, 0.2) is 22.4 Å². The number of benzene rings is 5. The summed E-state index contributed by atoms with van der Waals surface area (Å²) in [6, 6.07) is 2.78. The Bertz CT molecular complexity index is 2330. The molecule has 1 aliphatic rings. The number of allylic oxidation sites excluding steroid dienone is 1. The van der Waals surface area contributed by atoms with Gasteiger partial charge in [-0.25, -0.2) is 0 Å². The maximum atomic E-state index is 14.7. The van der Waals surface area contributed by atoms with Crippen molar-refractivity contribution in [2.24, 2.45) is 0 Å². The van der Waals surface area contributed by atoms with E-state index < -0.39 is 41.7 Å². The number of ether oxygens (including phenoxy) is 2. The molecule has 5 aromatic rings. The molecule has 0 bridgehead atoms. The fourth-order valence-corrected chi connectivity index (χ4v) is 7.61. The van der Waals surface area contributed by atoms with E-state index in [9.17, 15) is 44.4 Å². The Hall–Kier alpha value is -5.33. The molecular formula is C36H33NO11. The van der Waals surface area contributed by atoms with Gasteiger partial charge < -0.3 is 35.2 Å². The van der Waals surface area contributed by atoms with Crippen molar-refractivity contribution < 1.29 is 44.3 Å². The molecular weight excluding hydrogens is 622 g/mol. The number of ketones is 1. The highest BCUT2D eigenvalue weighted by atomic mass is 16.5. The zero-order valence-corrected chi connectivity index (χ0v) is 26.5. The van der Waals surface area contributed by atoms with Crippen molar-refractivity contribution in [1.82, 2.24) is 0 Å². The van der Waals surface area contributed by atoms with Crippen LogP contribution in [0.2, 0.25) is 0 Å². The van der Waals surface area contributed by atoms with Crippen LogP contribution in [0.5, 0.6) is 11.5 Å². The summed E-state index contributed by atoms with van der Waals surface area (Å²) in [5.74, 6) is -2.88. The molecule has 1 atom stereocenters. The Morgan fingerprint density at radius 1 is 0.958 bits per heavy atom. The number of carbonyl (C=O) groups is 3. The summed E-state index contributed by atoms with van der Waals surface area (Å²) >= 11 is 0. The molecule has 1 aliphatic carbocycles. The Kier molecular flexibility index (Phi) is 8.40. The molecule has 5 aromatic carbocycles. The van der Waals surface area contributed by atoms with E-state index in [-0.39, 0.29) is 76.8 Å². The van der Waals surface area contributed by atoms with Crippen LogP contribution in [0.25, 0.3) is 49.2 Å². The SMILES string of the molecule is COc1c(O)c2c(=O)cc(CO)c3c4c(CO)cc(NCCOC=O)c5c(=O)c(CCCC(=O)O)c6c(c(c1C(C(C)=O)C(C)=C6)c23)c54. The van der Waals surface area contributed by atoms with Crippen LogP contribution in [0.4, 0.5) is 5.69 Å². The molecule has 0 radical (unpaired) electrons. The van der Waals surface area contributed by atoms with Crippen LogP contribution in [0.3, 0.4) is 0 Å². The number of methoxy groups -OCH3 is 1.